The lowest BCUT2D eigenvalue weighted by atomic mass is 9.97. The van der Waals surface area contributed by atoms with Crippen molar-refractivity contribution in [1.29, 1.82) is 0 Å². The smallest absolute Gasteiger partial charge is 0.125 e. The summed E-state index contributed by atoms with van der Waals surface area (Å²) in [4.78, 5) is 4.55. The molecule has 0 fully saturated rings. The van der Waals surface area contributed by atoms with E-state index in [1.165, 1.54) is 16.7 Å². The first kappa shape index (κ1) is 16.4. The number of pyridine rings is 1. The zero-order valence-corrected chi connectivity index (χ0v) is 15.6. The third kappa shape index (κ3) is 2.39. The standard InChI is InChI=1S/C23H22N2O/c1-12-10-13(2)23(14(3)11-12)25-19-8-6-17-15(4)24-16(5)18-7-9-20(26)22(19)21(17)18/h6-11,25-26H,4H2,1-3,5H3. The minimum atomic E-state index is 0.262. The summed E-state index contributed by atoms with van der Waals surface area (Å²) in [7, 11) is 0. The molecule has 4 rings (SSSR count). The van der Waals surface area contributed by atoms with Crippen molar-refractivity contribution in [3.05, 3.63) is 64.1 Å². The molecule has 0 aliphatic rings. The molecule has 4 aromatic rings. The fourth-order valence-electron chi connectivity index (χ4n) is 3.96. The lowest BCUT2D eigenvalue weighted by Crippen LogP contribution is -2.09. The molecule has 0 unspecified atom stereocenters. The number of hydrogen-bond acceptors (Lipinski definition) is 3. The van der Waals surface area contributed by atoms with Crippen molar-refractivity contribution in [1.82, 2.24) is 4.98 Å². The molecule has 2 N–H and O–H groups in total. The highest BCUT2D eigenvalue weighted by atomic mass is 16.3. The molecule has 0 bridgehead atoms. The molecular formula is C23H22N2O. The maximum absolute atomic E-state index is 10.6. The number of aryl methyl sites for hydroxylation is 4. The average Bonchev–Trinajstić information content (AvgIpc) is 2.57. The van der Waals surface area contributed by atoms with Crippen LogP contribution in [0.25, 0.3) is 28.1 Å². The molecule has 1 aromatic heterocycles. The molecule has 0 amide bonds. The summed E-state index contributed by atoms with van der Waals surface area (Å²) in [6, 6.07) is 12.0. The fourth-order valence-corrected chi connectivity index (χ4v) is 3.96. The maximum atomic E-state index is 10.6. The normalized spacial score (nSPS) is 11.4. The van der Waals surface area contributed by atoms with Crippen molar-refractivity contribution in [3.8, 4) is 5.75 Å². The lowest BCUT2D eigenvalue weighted by Gasteiger charge is -2.18. The minimum Gasteiger partial charge on any atom is -0.507 e. The van der Waals surface area contributed by atoms with E-state index in [0.717, 1.165) is 44.0 Å². The number of nitrogens with one attached hydrogen (secondary N) is 1. The van der Waals surface area contributed by atoms with Gasteiger partial charge in [-0.25, -0.2) is 0 Å². The van der Waals surface area contributed by atoms with Crippen LogP contribution < -0.4 is 10.7 Å². The lowest BCUT2D eigenvalue weighted by molar-refractivity contribution is 0.482. The van der Waals surface area contributed by atoms with Gasteiger partial charge in [0.1, 0.15) is 5.75 Å². The highest BCUT2D eigenvalue weighted by Crippen LogP contribution is 2.39. The van der Waals surface area contributed by atoms with Crippen LogP contribution >= 0.6 is 0 Å². The van der Waals surface area contributed by atoms with Crippen LogP contribution in [0.15, 0.2) is 36.4 Å². The minimum absolute atomic E-state index is 0.262. The van der Waals surface area contributed by atoms with Crippen LogP contribution in [0.5, 0.6) is 5.75 Å². The van der Waals surface area contributed by atoms with Gasteiger partial charge >= 0.3 is 0 Å². The van der Waals surface area contributed by atoms with Gasteiger partial charge in [0.2, 0.25) is 0 Å². The number of phenolic OH excluding ortho intramolecular Hbond substituents is 1. The van der Waals surface area contributed by atoms with Gasteiger partial charge in [0.25, 0.3) is 0 Å². The van der Waals surface area contributed by atoms with Crippen molar-refractivity contribution >= 4 is 39.5 Å². The van der Waals surface area contributed by atoms with E-state index in [-0.39, 0.29) is 5.75 Å². The first-order valence-electron chi connectivity index (χ1n) is 8.75. The Morgan fingerprint density at radius 3 is 2.23 bits per heavy atom. The summed E-state index contributed by atoms with van der Waals surface area (Å²) in [5.74, 6) is 0.262. The van der Waals surface area contributed by atoms with Gasteiger partial charge < -0.3 is 10.4 Å². The molecule has 0 aliphatic carbocycles. The second-order valence-electron chi connectivity index (χ2n) is 7.09. The number of aromatic hydroxyl groups is 1. The van der Waals surface area contributed by atoms with Crippen molar-refractivity contribution in [3.63, 3.8) is 0 Å². The zero-order valence-electron chi connectivity index (χ0n) is 15.6. The Bertz CT molecular complexity index is 1200. The quantitative estimate of drug-likeness (QED) is 0.526. The van der Waals surface area contributed by atoms with Crippen LogP contribution in [-0.2, 0) is 0 Å². The second-order valence-corrected chi connectivity index (χ2v) is 7.09. The fraction of sp³-hybridized carbons (Fsp3) is 0.174. The van der Waals surface area contributed by atoms with Crippen molar-refractivity contribution < 1.29 is 5.11 Å². The van der Waals surface area contributed by atoms with Crippen molar-refractivity contribution in [2.45, 2.75) is 27.7 Å². The van der Waals surface area contributed by atoms with Gasteiger partial charge in [-0.2, -0.15) is 0 Å². The number of aromatic nitrogens is 1. The molecule has 3 nitrogen and oxygen atoms in total. The third-order valence-corrected chi connectivity index (χ3v) is 5.08. The van der Waals surface area contributed by atoms with E-state index in [9.17, 15) is 5.11 Å². The Balaban J connectivity index is 2.04. The summed E-state index contributed by atoms with van der Waals surface area (Å²) >= 11 is 0. The van der Waals surface area contributed by atoms with Gasteiger partial charge in [0.05, 0.1) is 11.0 Å². The van der Waals surface area contributed by atoms with Gasteiger partial charge in [-0.1, -0.05) is 30.3 Å². The highest BCUT2D eigenvalue weighted by Gasteiger charge is 2.15. The summed E-state index contributed by atoms with van der Waals surface area (Å²) in [5, 5.41) is 18.8. The number of benzene rings is 3. The molecule has 3 heteroatoms. The van der Waals surface area contributed by atoms with Gasteiger partial charge in [-0.3, -0.25) is 4.98 Å². The van der Waals surface area contributed by atoms with E-state index in [0.29, 0.717) is 0 Å². The molecule has 1 heterocycles. The Labute approximate surface area is 153 Å². The number of phenols is 1. The molecule has 0 saturated carbocycles. The predicted octanol–water partition coefficient (Wildman–Crippen LogP) is 5.20. The average molecular weight is 342 g/mol. The topological polar surface area (TPSA) is 45.2 Å². The molecule has 26 heavy (non-hydrogen) atoms. The van der Waals surface area contributed by atoms with Crippen LogP contribution in [0, 0.1) is 27.7 Å². The molecule has 3 aromatic carbocycles. The number of anilines is 2. The van der Waals surface area contributed by atoms with Crippen molar-refractivity contribution in [2.75, 3.05) is 5.32 Å². The number of nitrogens with zero attached hydrogens (tertiary/aromatic N) is 1. The summed E-state index contributed by atoms with van der Waals surface area (Å²) < 4.78 is 0. The maximum Gasteiger partial charge on any atom is 0.125 e. The largest absolute Gasteiger partial charge is 0.507 e. The van der Waals surface area contributed by atoms with E-state index >= 15 is 0 Å². The third-order valence-electron chi connectivity index (χ3n) is 5.08. The van der Waals surface area contributed by atoms with Crippen LogP contribution in [0.2, 0.25) is 0 Å². The zero-order chi connectivity index (χ0) is 18.6. The Morgan fingerprint density at radius 2 is 1.54 bits per heavy atom. The monoisotopic (exact) mass is 342 g/mol. The van der Waals surface area contributed by atoms with Crippen LogP contribution in [0.4, 0.5) is 11.4 Å². The molecule has 130 valence electrons. The van der Waals surface area contributed by atoms with Crippen molar-refractivity contribution in [2.24, 2.45) is 0 Å². The Hall–Kier alpha value is -3.07. The molecule has 0 spiro atoms. The van der Waals surface area contributed by atoms with Gasteiger partial charge in [-0.15, -0.1) is 0 Å². The predicted molar refractivity (Wildman–Crippen MR) is 110 cm³/mol. The van der Waals surface area contributed by atoms with Crippen LogP contribution in [-0.4, -0.2) is 10.1 Å². The Kier molecular flexibility index (Phi) is 3.62. The summed E-state index contributed by atoms with van der Waals surface area (Å²) in [6.45, 7) is 12.4. The molecular weight excluding hydrogens is 320 g/mol. The molecule has 0 atom stereocenters. The first-order chi connectivity index (χ1) is 12.4. The van der Waals surface area contributed by atoms with E-state index in [1.54, 1.807) is 6.07 Å². The van der Waals surface area contributed by atoms with Crippen LogP contribution in [0.1, 0.15) is 22.4 Å². The van der Waals surface area contributed by atoms with E-state index < -0.39 is 0 Å². The van der Waals surface area contributed by atoms with Gasteiger partial charge in [-0.05, 0) is 57.0 Å². The van der Waals surface area contributed by atoms with E-state index in [2.05, 4.69) is 49.8 Å². The second kappa shape index (κ2) is 5.73. The molecule has 0 radical (unpaired) electrons. The molecule has 0 aliphatic heterocycles. The summed E-state index contributed by atoms with van der Waals surface area (Å²) in [6.07, 6.45) is 0. The Morgan fingerprint density at radius 1 is 0.885 bits per heavy atom. The van der Waals surface area contributed by atoms with Gasteiger partial charge in [0.15, 0.2) is 0 Å². The number of rotatable bonds is 2. The number of hydrogen-bond donors (Lipinski definition) is 2. The van der Waals surface area contributed by atoms with E-state index in [1.807, 2.05) is 25.1 Å². The highest BCUT2D eigenvalue weighted by molar-refractivity contribution is 6.17. The van der Waals surface area contributed by atoms with Crippen LogP contribution in [0.3, 0.4) is 0 Å². The first-order valence-corrected chi connectivity index (χ1v) is 8.75. The molecule has 0 saturated heterocycles. The SMILES string of the molecule is C=c1nc(C)c2ccc(O)c3c(Nc4c(C)cc(C)cc4C)ccc1c23. The van der Waals surface area contributed by atoms with Gasteiger partial charge in [0, 0.05) is 32.9 Å². The van der Waals surface area contributed by atoms with E-state index in [4.69, 9.17) is 0 Å². The summed E-state index contributed by atoms with van der Waals surface area (Å²) in [5.41, 5.74) is 6.51.